The van der Waals surface area contributed by atoms with Crippen LogP contribution < -0.4 is 5.32 Å². The second kappa shape index (κ2) is 7.55. The third kappa shape index (κ3) is 6.11. The average Bonchev–Trinajstić information content (AvgIpc) is 2.19. The summed E-state index contributed by atoms with van der Waals surface area (Å²) in [5, 5.41) is 3.23. The van der Waals surface area contributed by atoms with Gasteiger partial charge in [-0.25, -0.2) is 0 Å². The van der Waals surface area contributed by atoms with Crippen LogP contribution in [0.3, 0.4) is 0 Å². The largest absolute Gasteiger partial charge is 0.372 e. The van der Waals surface area contributed by atoms with Crippen LogP contribution in [-0.4, -0.2) is 30.6 Å². The highest BCUT2D eigenvalue weighted by Crippen LogP contribution is 2.01. The summed E-state index contributed by atoms with van der Waals surface area (Å²) >= 11 is 0. The zero-order chi connectivity index (χ0) is 10.1. The molecule has 0 atom stereocenters. The third-order valence-electron chi connectivity index (χ3n) is 1.28. The number of hydrogen-bond donors (Lipinski definition) is 1. The molecule has 1 N–H and O–H groups in total. The van der Waals surface area contributed by atoms with Crippen molar-refractivity contribution in [1.29, 1.82) is 0 Å². The first kappa shape index (κ1) is 11.9. The molecule has 0 saturated carbocycles. The quantitative estimate of drug-likeness (QED) is 0.723. The van der Waals surface area contributed by atoms with Crippen molar-refractivity contribution < 1.29 is 0 Å². The molecule has 74 valence electrons. The van der Waals surface area contributed by atoms with Crippen LogP contribution in [-0.2, 0) is 0 Å². The van der Waals surface area contributed by atoms with Crippen LogP contribution in [0.2, 0.25) is 0 Å². The maximum absolute atomic E-state index is 3.92. The molecule has 0 spiro atoms. The Morgan fingerprint density at radius 1 is 1.23 bits per heavy atom. The molecule has 0 amide bonds. The lowest BCUT2D eigenvalue weighted by Crippen LogP contribution is -2.20. The second-order valence-corrected chi connectivity index (χ2v) is 2.65. The van der Waals surface area contributed by atoms with Gasteiger partial charge < -0.3 is 5.32 Å². The van der Waals surface area contributed by atoms with Gasteiger partial charge in [0, 0.05) is 18.1 Å². The van der Waals surface area contributed by atoms with E-state index in [0.29, 0.717) is 0 Å². The van der Waals surface area contributed by atoms with Gasteiger partial charge >= 0.3 is 0 Å². The number of nitrogens with zero attached hydrogens (tertiary/aromatic N) is 2. The Balaban J connectivity index is 0.000000671. The van der Waals surface area contributed by atoms with Crippen LogP contribution in [0.5, 0.6) is 0 Å². The average molecular weight is 181 g/mol. The van der Waals surface area contributed by atoms with E-state index in [-0.39, 0.29) is 0 Å². The lowest BCUT2D eigenvalue weighted by atomic mass is 10.4. The maximum atomic E-state index is 3.92. The molecule has 13 heavy (non-hydrogen) atoms. The van der Waals surface area contributed by atoms with Crippen LogP contribution in [0.1, 0.15) is 13.8 Å². The zero-order valence-electron chi connectivity index (χ0n) is 8.91. The summed E-state index contributed by atoms with van der Waals surface area (Å²) in [6, 6.07) is 3.90. The molecular weight excluding hydrogens is 162 g/mol. The van der Waals surface area contributed by atoms with E-state index >= 15 is 0 Å². The van der Waals surface area contributed by atoms with E-state index in [1.54, 1.807) is 12.4 Å². The zero-order valence-corrected chi connectivity index (χ0v) is 8.91. The number of hydrogen-bond acceptors (Lipinski definition) is 3. The van der Waals surface area contributed by atoms with Crippen molar-refractivity contribution in [2.24, 2.45) is 0 Å². The molecule has 0 fully saturated rings. The van der Waals surface area contributed by atoms with Gasteiger partial charge in [-0.15, -0.1) is 0 Å². The van der Waals surface area contributed by atoms with E-state index < -0.39 is 0 Å². The first-order chi connectivity index (χ1) is 6.29. The standard InChI is InChI=1S/C8H13N3.C2H6/c1-11(2)7-10-8-3-5-9-6-4-8;1-2/h3-6H,7H2,1-2H3,(H,9,10);1-2H3. The van der Waals surface area contributed by atoms with E-state index in [9.17, 15) is 0 Å². The van der Waals surface area contributed by atoms with Crippen LogP contribution in [0, 0.1) is 0 Å². The number of aromatic nitrogens is 1. The fourth-order valence-corrected chi connectivity index (χ4v) is 0.719. The van der Waals surface area contributed by atoms with Gasteiger partial charge in [-0.3, -0.25) is 9.88 Å². The van der Waals surface area contributed by atoms with Crippen LogP contribution >= 0.6 is 0 Å². The van der Waals surface area contributed by atoms with Crippen molar-refractivity contribution in [1.82, 2.24) is 9.88 Å². The lowest BCUT2D eigenvalue weighted by molar-refractivity contribution is 0.440. The molecule has 0 saturated heterocycles. The van der Waals surface area contributed by atoms with Crippen molar-refractivity contribution in [2.45, 2.75) is 13.8 Å². The Bertz CT molecular complexity index is 197. The first-order valence-corrected chi connectivity index (χ1v) is 4.57. The number of anilines is 1. The highest BCUT2D eigenvalue weighted by Gasteiger charge is 1.89. The summed E-state index contributed by atoms with van der Waals surface area (Å²) in [6.07, 6.45) is 3.55. The van der Waals surface area contributed by atoms with E-state index in [2.05, 4.69) is 15.2 Å². The molecule has 1 rings (SSSR count). The molecule has 0 unspecified atom stereocenters. The summed E-state index contributed by atoms with van der Waals surface area (Å²) in [7, 11) is 4.04. The fraction of sp³-hybridized carbons (Fsp3) is 0.500. The SMILES string of the molecule is CC.CN(C)CNc1ccncc1. The van der Waals surface area contributed by atoms with E-state index in [0.717, 1.165) is 12.4 Å². The molecular formula is C10H19N3. The van der Waals surface area contributed by atoms with Gasteiger partial charge in [-0.2, -0.15) is 0 Å². The van der Waals surface area contributed by atoms with Gasteiger partial charge in [0.25, 0.3) is 0 Å². The van der Waals surface area contributed by atoms with Gasteiger partial charge in [0.1, 0.15) is 0 Å². The Morgan fingerprint density at radius 2 is 1.77 bits per heavy atom. The van der Waals surface area contributed by atoms with Gasteiger partial charge in [0.15, 0.2) is 0 Å². The monoisotopic (exact) mass is 181 g/mol. The minimum absolute atomic E-state index is 0.851. The van der Waals surface area contributed by atoms with Crippen LogP contribution in [0.15, 0.2) is 24.5 Å². The summed E-state index contributed by atoms with van der Waals surface area (Å²) in [4.78, 5) is 5.99. The topological polar surface area (TPSA) is 28.2 Å². The third-order valence-corrected chi connectivity index (χ3v) is 1.28. The Hall–Kier alpha value is -1.09. The second-order valence-electron chi connectivity index (χ2n) is 2.65. The molecule has 1 heterocycles. The van der Waals surface area contributed by atoms with Crippen molar-refractivity contribution >= 4 is 5.69 Å². The van der Waals surface area contributed by atoms with Gasteiger partial charge in [-0.05, 0) is 26.2 Å². The molecule has 0 aliphatic rings. The summed E-state index contributed by atoms with van der Waals surface area (Å²) in [5.41, 5.74) is 1.11. The fourth-order valence-electron chi connectivity index (χ4n) is 0.719. The summed E-state index contributed by atoms with van der Waals surface area (Å²) in [6.45, 7) is 4.85. The van der Waals surface area contributed by atoms with Crippen LogP contribution in [0.25, 0.3) is 0 Å². The van der Waals surface area contributed by atoms with Crippen molar-refractivity contribution in [3.8, 4) is 0 Å². The summed E-state index contributed by atoms with van der Waals surface area (Å²) in [5.74, 6) is 0. The predicted molar refractivity (Wildman–Crippen MR) is 57.8 cm³/mol. The summed E-state index contributed by atoms with van der Waals surface area (Å²) < 4.78 is 0. The van der Waals surface area contributed by atoms with Crippen molar-refractivity contribution in [3.05, 3.63) is 24.5 Å². The molecule has 0 aromatic carbocycles. The van der Waals surface area contributed by atoms with Gasteiger partial charge in [0.2, 0.25) is 0 Å². The lowest BCUT2D eigenvalue weighted by Gasteiger charge is -2.11. The van der Waals surface area contributed by atoms with E-state index in [1.807, 2.05) is 40.1 Å². The van der Waals surface area contributed by atoms with Crippen LogP contribution in [0.4, 0.5) is 5.69 Å². The minimum atomic E-state index is 0.851. The Kier molecular flexibility index (Phi) is 6.92. The predicted octanol–water partition coefficient (Wildman–Crippen LogP) is 2.04. The van der Waals surface area contributed by atoms with Crippen molar-refractivity contribution in [3.63, 3.8) is 0 Å². The molecule has 0 aliphatic heterocycles. The van der Waals surface area contributed by atoms with Gasteiger partial charge in [0.05, 0.1) is 6.67 Å². The number of nitrogens with one attached hydrogen (secondary N) is 1. The highest BCUT2D eigenvalue weighted by molar-refractivity contribution is 5.40. The normalized spacial score (nSPS) is 9.00. The minimum Gasteiger partial charge on any atom is -0.372 e. The molecule has 3 heteroatoms. The molecule has 0 bridgehead atoms. The first-order valence-electron chi connectivity index (χ1n) is 4.57. The molecule has 0 aliphatic carbocycles. The smallest absolute Gasteiger partial charge is 0.0673 e. The van der Waals surface area contributed by atoms with Gasteiger partial charge in [-0.1, -0.05) is 13.8 Å². The molecule has 3 nitrogen and oxygen atoms in total. The van der Waals surface area contributed by atoms with Crippen molar-refractivity contribution in [2.75, 3.05) is 26.1 Å². The molecule has 0 radical (unpaired) electrons. The number of rotatable bonds is 3. The maximum Gasteiger partial charge on any atom is 0.0673 e. The molecule has 1 aromatic heterocycles. The number of pyridine rings is 1. The van der Waals surface area contributed by atoms with E-state index in [4.69, 9.17) is 0 Å². The van der Waals surface area contributed by atoms with E-state index in [1.165, 1.54) is 0 Å². The highest BCUT2D eigenvalue weighted by atomic mass is 15.2. The molecule has 1 aromatic rings. The Labute approximate surface area is 80.8 Å². The Morgan fingerprint density at radius 3 is 2.23 bits per heavy atom.